The molecule has 0 saturated heterocycles. The largest absolute Gasteiger partial charge is 0.496 e. The van der Waals surface area contributed by atoms with Crippen LogP contribution in [0.1, 0.15) is 50.3 Å². The summed E-state index contributed by atoms with van der Waals surface area (Å²) in [7, 11) is 1.53. The standard InChI is InChI=1S/C19H25N3O3S/c1-13-10-15(25-2)12-17(23)22(13)16(11-14-6-4-3-5-7-14)18(24)21-19-20-8-9-26-19/h8-10,12,14,16H,3-7,11H2,1-2H3,(H,20,21,24). The van der Waals surface area contributed by atoms with Crippen LogP contribution in [0.5, 0.6) is 5.75 Å². The molecule has 2 aromatic rings. The minimum absolute atomic E-state index is 0.180. The van der Waals surface area contributed by atoms with E-state index in [0.717, 1.165) is 18.5 Å². The summed E-state index contributed by atoms with van der Waals surface area (Å²) in [5, 5.41) is 5.24. The maximum Gasteiger partial charge on any atom is 0.255 e. The first-order valence-electron chi connectivity index (χ1n) is 9.06. The number of hydrogen-bond acceptors (Lipinski definition) is 5. The van der Waals surface area contributed by atoms with Crippen LogP contribution in [0, 0.1) is 12.8 Å². The fourth-order valence-electron chi connectivity index (χ4n) is 3.74. The number of pyridine rings is 1. The summed E-state index contributed by atoms with van der Waals surface area (Å²) >= 11 is 1.37. The Morgan fingerprint density at radius 2 is 2.15 bits per heavy atom. The number of hydrogen-bond donors (Lipinski definition) is 1. The van der Waals surface area contributed by atoms with E-state index in [1.54, 1.807) is 16.8 Å². The average Bonchev–Trinajstić information content (AvgIpc) is 3.14. The Bertz CT molecular complexity index is 795. The van der Waals surface area contributed by atoms with Crippen molar-refractivity contribution < 1.29 is 9.53 Å². The highest BCUT2D eigenvalue weighted by molar-refractivity contribution is 7.13. The Hall–Kier alpha value is -2.15. The number of ether oxygens (including phenoxy) is 1. The molecule has 0 aliphatic heterocycles. The van der Waals surface area contributed by atoms with E-state index >= 15 is 0 Å². The van der Waals surface area contributed by atoms with Gasteiger partial charge in [-0.2, -0.15) is 0 Å². The van der Waals surface area contributed by atoms with Crippen molar-refractivity contribution in [1.29, 1.82) is 0 Å². The Morgan fingerprint density at radius 3 is 2.77 bits per heavy atom. The fraction of sp³-hybridized carbons (Fsp3) is 0.526. The van der Waals surface area contributed by atoms with Gasteiger partial charge in [0.1, 0.15) is 11.8 Å². The van der Waals surface area contributed by atoms with Gasteiger partial charge in [0.05, 0.1) is 7.11 Å². The number of aromatic nitrogens is 2. The van der Waals surface area contributed by atoms with Gasteiger partial charge in [0, 0.05) is 23.3 Å². The van der Waals surface area contributed by atoms with Crippen molar-refractivity contribution in [1.82, 2.24) is 9.55 Å². The van der Waals surface area contributed by atoms with E-state index in [1.807, 2.05) is 12.3 Å². The van der Waals surface area contributed by atoms with Crippen LogP contribution in [0.2, 0.25) is 0 Å². The summed E-state index contributed by atoms with van der Waals surface area (Å²) in [6.45, 7) is 1.84. The highest BCUT2D eigenvalue weighted by Gasteiger charge is 2.28. The minimum Gasteiger partial charge on any atom is -0.496 e. The van der Waals surface area contributed by atoms with Gasteiger partial charge in [-0.1, -0.05) is 32.1 Å². The molecule has 3 rings (SSSR count). The smallest absolute Gasteiger partial charge is 0.255 e. The second-order valence-corrected chi connectivity index (χ2v) is 7.72. The number of anilines is 1. The number of methoxy groups -OCH3 is 1. The van der Waals surface area contributed by atoms with Gasteiger partial charge in [-0.3, -0.25) is 9.59 Å². The fourth-order valence-corrected chi connectivity index (χ4v) is 4.27. The molecule has 0 spiro atoms. The molecule has 1 aliphatic rings. The van der Waals surface area contributed by atoms with Crippen LogP contribution in [-0.4, -0.2) is 22.6 Å². The third kappa shape index (κ3) is 4.33. The summed E-state index contributed by atoms with van der Waals surface area (Å²) in [5.41, 5.74) is 0.515. The lowest BCUT2D eigenvalue weighted by Gasteiger charge is -2.28. The molecule has 1 N–H and O–H groups in total. The number of nitrogens with one attached hydrogen (secondary N) is 1. The van der Waals surface area contributed by atoms with Gasteiger partial charge in [0.2, 0.25) is 5.91 Å². The second kappa shape index (κ2) is 8.49. The lowest BCUT2D eigenvalue weighted by Crippen LogP contribution is -2.36. The maximum atomic E-state index is 13.0. The number of carbonyl (C=O) groups excluding carboxylic acids is 1. The molecule has 1 unspecified atom stereocenters. The molecule has 0 radical (unpaired) electrons. The molecule has 2 heterocycles. The van der Waals surface area contributed by atoms with E-state index in [9.17, 15) is 9.59 Å². The average molecular weight is 375 g/mol. The first-order valence-corrected chi connectivity index (χ1v) is 9.94. The van der Waals surface area contributed by atoms with Crippen LogP contribution in [0.15, 0.2) is 28.5 Å². The molecule has 0 aromatic carbocycles. The maximum absolute atomic E-state index is 13.0. The Kier molecular flexibility index (Phi) is 6.08. The van der Waals surface area contributed by atoms with E-state index in [1.165, 1.54) is 43.8 Å². The number of amides is 1. The lowest BCUT2D eigenvalue weighted by atomic mass is 9.84. The second-order valence-electron chi connectivity index (χ2n) is 6.83. The molecule has 1 amide bonds. The lowest BCUT2D eigenvalue weighted by molar-refractivity contribution is -0.120. The van der Waals surface area contributed by atoms with Crippen molar-refractivity contribution >= 4 is 22.4 Å². The topological polar surface area (TPSA) is 73.2 Å². The molecule has 1 saturated carbocycles. The van der Waals surface area contributed by atoms with Gasteiger partial charge in [0.25, 0.3) is 5.56 Å². The zero-order valence-corrected chi connectivity index (χ0v) is 16.1. The summed E-state index contributed by atoms with van der Waals surface area (Å²) in [5.74, 6) is 0.797. The quantitative estimate of drug-likeness (QED) is 0.834. The van der Waals surface area contributed by atoms with Gasteiger partial charge < -0.3 is 14.6 Å². The zero-order chi connectivity index (χ0) is 18.5. The number of carbonyl (C=O) groups is 1. The summed E-state index contributed by atoms with van der Waals surface area (Å²) < 4.78 is 6.78. The molecular formula is C19H25N3O3S. The van der Waals surface area contributed by atoms with Gasteiger partial charge in [-0.05, 0) is 25.3 Å². The highest BCUT2D eigenvalue weighted by Crippen LogP contribution is 2.32. The Labute approximate surface area is 157 Å². The van der Waals surface area contributed by atoms with E-state index in [4.69, 9.17) is 4.74 Å². The third-order valence-corrected chi connectivity index (χ3v) is 5.72. The van der Waals surface area contributed by atoms with Crippen molar-refractivity contribution in [2.24, 2.45) is 5.92 Å². The molecule has 1 aliphatic carbocycles. The van der Waals surface area contributed by atoms with Crippen LogP contribution < -0.4 is 15.6 Å². The normalized spacial score (nSPS) is 16.2. The van der Waals surface area contributed by atoms with Crippen LogP contribution in [-0.2, 0) is 4.79 Å². The van der Waals surface area contributed by atoms with Gasteiger partial charge in [-0.25, -0.2) is 4.98 Å². The minimum atomic E-state index is -0.541. The molecule has 2 aromatic heterocycles. The molecule has 0 bridgehead atoms. The zero-order valence-electron chi connectivity index (χ0n) is 15.2. The van der Waals surface area contributed by atoms with Crippen molar-refractivity contribution in [2.75, 3.05) is 12.4 Å². The van der Waals surface area contributed by atoms with E-state index in [2.05, 4.69) is 10.3 Å². The molecule has 26 heavy (non-hydrogen) atoms. The first kappa shape index (κ1) is 18.6. The van der Waals surface area contributed by atoms with E-state index in [0.29, 0.717) is 23.2 Å². The number of thiazole rings is 1. The molecular weight excluding hydrogens is 350 g/mol. The molecule has 1 atom stereocenters. The summed E-state index contributed by atoms with van der Waals surface area (Å²) in [6, 6.07) is 2.70. The SMILES string of the molecule is COc1cc(C)n(C(CC2CCCCC2)C(=O)Nc2nccs2)c(=O)c1. The Balaban J connectivity index is 1.91. The van der Waals surface area contributed by atoms with Crippen LogP contribution >= 0.6 is 11.3 Å². The van der Waals surface area contributed by atoms with Crippen LogP contribution in [0.25, 0.3) is 0 Å². The van der Waals surface area contributed by atoms with Gasteiger partial charge in [-0.15, -0.1) is 11.3 Å². The number of nitrogens with zero attached hydrogens (tertiary/aromatic N) is 2. The first-order chi connectivity index (χ1) is 12.6. The van der Waals surface area contributed by atoms with Crippen molar-refractivity contribution in [3.05, 3.63) is 39.8 Å². The third-order valence-electron chi connectivity index (χ3n) is 5.03. The predicted molar refractivity (Wildman–Crippen MR) is 103 cm³/mol. The van der Waals surface area contributed by atoms with E-state index in [-0.39, 0.29) is 11.5 Å². The number of aryl methyl sites for hydroxylation is 1. The highest BCUT2D eigenvalue weighted by atomic mass is 32.1. The monoisotopic (exact) mass is 375 g/mol. The molecule has 7 heteroatoms. The van der Waals surface area contributed by atoms with Gasteiger partial charge >= 0.3 is 0 Å². The molecule has 6 nitrogen and oxygen atoms in total. The summed E-state index contributed by atoms with van der Waals surface area (Å²) in [6.07, 6.45) is 8.21. The molecule has 140 valence electrons. The van der Waals surface area contributed by atoms with Gasteiger partial charge in [0.15, 0.2) is 5.13 Å². The van der Waals surface area contributed by atoms with Crippen molar-refractivity contribution in [3.8, 4) is 5.75 Å². The number of rotatable bonds is 6. The van der Waals surface area contributed by atoms with Crippen molar-refractivity contribution in [2.45, 2.75) is 51.5 Å². The van der Waals surface area contributed by atoms with Crippen LogP contribution in [0.3, 0.4) is 0 Å². The Morgan fingerprint density at radius 1 is 1.38 bits per heavy atom. The summed E-state index contributed by atoms with van der Waals surface area (Å²) in [4.78, 5) is 29.8. The van der Waals surface area contributed by atoms with Crippen LogP contribution in [0.4, 0.5) is 5.13 Å². The molecule has 1 fully saturated rings. The van der Waals surface area contributed by atoms with E-state index < -0.39 is 6.04 Å². The predicted octanol–water partition coefficient (Wildman–Crippen LogP) is 3.77. The van der Waals surface area contributed by atoms with Crippen molar-refractivity contribution in [3.63, 3.8) is 0 Å².